The summed E-state index contributed by atoms with van der Waals surface area (Å²) >= 11 is 17.7. The molecule has 0 saturated carbocycles. The zero-order valence-corrected chi connectivity index (χ0v) is 11.0. The van der Waals surface area contributed by atoms with E-state index < -0.39 is 5.95 Å². The van der Waals surface area contributed by atoms with E-state index in [-0.39, 0.29) is 21.3 Å². The molecule has 0 spiro atoms. The number of hydrogen-bond acceptors (Lipinski definition) is 2. The second-order valence-electron chi connectivity index (χ2n) is 3.44. The Bertz CT molecular complexity index is 608. The van der Waals surface area contributed by atoms with Crippen LogP contribution < -0.4 is 0 Å². The Morgan fingerprint density at radius 3 is 2.22 bits per heavy atom. The molecule has 0 amide bonds. The van der Waals surface area contributed by atoms with E-state index in [4.69, 9.17) is 34.8 Å². The van der Waals surface area contributed by atoms with Crippen molar-refractivity contribution >= 4 is 41.1 Å². The normalized spacial score (nSPS) is 10.4. The Labute approximate surface area is 117 Å². The van der Waals surface area contributed by atoms with Gasteiger partial charge in [0, 0.05) is 16.1 Å². The van der Waals surface area contributed by atoms with Crippen molar-refractivity contribution in [3.05, 3.63) is 51.0 Å². The van der Waals surface area contributed by atoms with Crippen molar-refractivity contribution in [3.8, 4) is 11.1 Å². The first-order chi connectivity index (χ1) is 8.52. The maximum absolute atomic E-state index is 13.8. The van der Waals surface area contributed by atoms with Crippen molar-refractivity contribution in [3.63, 3.8) is 0 Å². The molecule has 1 heterocycles. The fourth-order valence-electron chi connectivity index (χ4n) is 1.50. The molecular weight excluding hydrogens is 299 g/mol. The van der Waals surface area contributed by atoms with Crippen LogP contribution in [0.5, 0.6) is 0 Å². The molecule has 0 radical (unpaired) electrons. The molecule has 2 rings (SSSR count). The Morgan fingerprint density at radius 2 is 1.72 bits per heavy atom. The lowest BCUT2D eigenvalue weighted by Crippen LogP contribution is -1.95. The van der Waals surface area contributed by atoms with E-state index in [1.165, 1.54) is 24.3 Å². The van der Waals surface area contributed by atoms with Crippen LogP contribution in [0.4, 0.5) is 4.39 Å². The van der Waals surface area contributed by atoms with Gasteiger partial charge in [-0.3, -0.25) is 4.79 Å². The van der Waals surface area contributed by atoms with Crippen LogP contribution in [0.1, 0.15) is 10.5 Å². The molecule has 18 heavy (non-hydrogen) atoms. The van der Waals surface area contributed by atoms with Crippen LogP contribution in [0.2, 0.25) is 15.1 Å². The van der Waals surface area contributed by atoms with Gasteiger partial charge in [-0.2, -0.15) is 4.39 Å². The molecule has 0 aliphatic rings. The van der Waals surface area contributed by atoms with Crippen molar-refractivity contribution in [1.29, 1.82) is 0 Å². The first-order valence-corrected chi connectivity index (χ1v) is 5.93. The quantitative estimate of drug-likeness (QED) is 0.596. The number of nitrogens with zero attached hydrogens (tertiary/aromatic N) is 1. The molecular formula is C12H5Cl3FNO. The third-order valence-corrected chi connectivity index (χ3v) is 3.08. The van der Waals surface area contributed by atoms with E-state index in [0.717, 1.165) is 0 Å². The smallest absolute Gasteiger partial charge is 0.221 e. The maximum atomic E-state index is 13.8. The third-order valence-electron chi connectivity index (χ3n) is 2.27. The summed E-state index contributed by atoms with van der Waals surface area (Å²) in [7, 11) is 0. The van der Waals surface area contributed by atoms with Crippen LogP contribution in [-0.4, -0.2) is 11.3 Å². The molecule has 1 aromatic carbocycles. The minimum absolute atomic E-state index is 0.00235. The van der Waals surface area contributed by atoms with E-state index >= 15 is 0 Å². The van der Waals surface area contributed by atoms with E-state index in [0.29, 0.717) is 16.9 Å². The second kappa shape index (κ2) is 5.22. The van der Waals surface area contributed by atoms with E-state index in [1.54, 1.807) is 0 Å². The predicted molar refractivity (Wildman–Crippen MR) is 70.0 cm³/mol. The zero-order valence-electron chi connectivity index (χ0n) is 8.75. The molecule has 0 bridgehead atoms. The molecule has 92 valence electrons. The fraction of sp³-hybridized carbons (Fsp3) is 0. The zero-order chi connectivity index (χ0) is 13.3. The summed E-state index contributed by atoms with van der Waals surface area (Å²) in [4.78, 5) is 14.0. The lowest BCUT2D eigenvalue weighted by Gasteiger charge is -2.08. The van der Waals surface area contributed by atoms with E-state index in [9.17, 15) is 9.18 Å². The summed E-state index contributed by atoms with van der Waals surface area (Å²) in [6, 6.07) is 5.69. The number of aromatic nitrogens is 1. The Hall–Kier alpha value is -1.16. The van der Waals surface area contributed by atoms with Crippen molar-refractivity contribution < 1.29 is 9.18 Å². The lowest BCUT2D eigenvalue weighted by atomic mass is 10.1. The largest absolute Gasteiger partial charge is 0.296 e. The molecule has 0 N–H and O–H groups in total. The van der Waals surface area contributed by atoms with Crippen LogP contribution in [-0.2, 0) is 0 Å². The molecule has 0 atom stereocenters. The number of halogens is 4. The Morgan fingerprint density at radius 1 is 1.11 bits per heavy atom. The van der Waals surface area contributed by atoms with Crippen molar-refractivity contribution in [2.24, 2.45) is 0 Å². The molecule has 0 saturated heterocycles. The van der Waals surface area contributed by atoms with Crippen molar-refractivity contribution in [1.82, 2.24) is 4.98 Å². The van der Waals surface area contributed by atoms with Crippen LogP contribution in [0, 0.1) is 5.95 Å². The van der Waals surface area contributed by atoms with Crippen molar-refractivity contribution in [2.45, 2.75) is 0 Å². The number of carbonyl (C=O) groups is 1. The molecule has 1 aromatic heterocycles. The maximum Gasteiger partial charge on any atom is 0.221 e. The summed E-state index contributed by atoms with van der Waals surface area (Å²) in [6.07, 6.45) is 0.456. The lowest BCUT2D eigenvalue weighted by molar-refractivity contribution is 0.111. The fourth-order valence-corrected chi connectivity index (χ4v) is 2.52. The number of aldehydes is 1. The van der Waals surface area contributed by atoms with Crippen molar-refractivity contribution in [2.75, 3.05) is 0 Å². The standard InChI is InChI=1S/C12H5Cl3FNO/c13-6-3-9(14)11(10(15)4-6)8-2-1-7(5-18)17-12(8)16/h1-5H. The molecule has 6 heteroatoms. The summed E-state index contributed by atoms with van der Waals surface area (Å²) in [5.41, 5.74) is 0.412. The molecule has 0 aliphatic heterocycles. The SMILES string of the molecule is O=Cc1ccc(-c2c(Cl)cc(Cl)cc2Cl)c(F)n1. The van der Waals surface area contributed by atoms with Gasteiger partial charge >= 0.3 is 0 Å². The van der Waals surface area contributed by atoms with Gasteiger partial charge in [0.15, 0.2) is 6.29 Å². The highest BCUT2D eigenvalue weighted by Gasteiger charge is 2.15. The summed E-state index contributed by atoms with van der Waals surface area (Å²) in [6.45, 7) is 0. The minimum Gasteiger partial charge on any atom is -0.296 e. The second-order valence-corrected chi connectivity index (χ2v) is 4.69. The van der Waals surface area contributed by atoms with Crippen LogP contribution in [0.25, 0.3) is 11.1 Å². The summed E-state index contributed by atoms with van der Waals surface area (Å²) in [5.74, 6) is -0.814. The molecule has 0 unspecified atom stereocenters. The number of benzene rings is 1. The van der Waals surface area contributed by atoms with Crippen LogP contribution in [0.15, 0.2) is 24.3 Å². The van der Waals surface area contributed by atoms with Gasteiger partial charge in [-0.05, 0) is 24.3 Å². The molecule has 2 aromatic rings. The highest BCUT2D eigenvalue weighted by atomic mass is 35.5. The van der Waals surface area contributed by atoms with Gasteiger partial charge in [-0.1, -0.05) is 34.8 Å². The van der Waals surface area contributed by atoms with Gasteiger partial charge in [0.2, 0.25) is 5.95 Å². The van der Waals surface area contributed by atoms with E-state index in [1.807, 2.05) is 0 Å². The molecule has 0 fully saturated rings. The first-order valence-electron chi connectivity index (χ1n) is 4.79. The Balaban J connectivity index is 2.66. The topological polar surface area (TPSA) is 30.0 Å². The van der Waals surface area contributed by atoms with Gasteiger partial charge in [0.25, 0.3) is 0 Å². The Kier molecular flexibility index (Phi) is 3.85. The van der Waals surface area contributed by atoms with Gasteiger partial charge in [0.05, 0.1) is 10.0 Å². The van der Waals surface area contributed by atoms with Gasteiger partial charge < -0.3 is 0 Å². The molecule has 2 nitrogen and oxygen atoms in total. The summed E-state index contributed by atoms with van der Waals surface area (Å²) < 4.78 is 13.8. The number of hydrogen-bond donors (Lipinski definition) is 0. The van der Waals surface area contributed by atoms with Crippen LogP contribution in [0.3, 0.4) is 0 Å². The molecule has 0 aliphatic carbocycles. The number of pyridine rings is 1. The van der Waals surface area contributed by atoms with Gasteiger partial charge in [-0.25, -0.2) is 4.98 Å². The van der Waals surface area contributed by atoms with Crippen LogP contribution >= 0.6 is 34.8 Å². The average Bonchev–Trinajstić information content (AvgIpc) is 2.29. The van der Waals surface area contributed by atoms with Gasteiger partial charge in [0.1, 0.15) is 5.69 Å². The predicted octanol–water partition coefficient (Wildman–Crippen LogP) is 4.66. The van der Waals surface area contributed by atoms with E-state index in [2.05, 4.69) is 4.98 Å². The van der Waals surface area contributed by atoms with Gasteiger partial charge in [-0.15, -0.1) is 0 Å². The number of rotatable bonds is 2. The third kappa shape index (κ3) is 2.48. The highest BCUT2D eigenvalue weighted by Crippen LogP contribution is 2.37. The number of carbonyl (C=O) groups excluding carboxylic acids is 1. The average molecular weight is 305 g/mol. The summed E-state index contributed by atoms with van der Waals surface area (Å²) in [5, 5.41) is 0.783. The monoisotopic (exact) mass is 303 g/mol. The first kappa shape index (κ1) is 13.3. The minimum atomic E-state index is -0.814. The highest BCUT2D eigenvalue weighted by molar-refractivity contribution is 6.41.